The number of ketones is 2. The monoisotopic (exact) mass is 456 g/mol. The number of carbonyl (C=O) groups is 3. The number of carbonyl (C=O) groups excluding carboxylic acids is 3. The summed E-state index contributed by atoms with van der Waals surface area (Å²) in [6.45, 7) is 1.52. The van der Waals surface area contributed by atoms with E-state index < -0.39 is 5.97 Å². The Bertz CT molecular complexity index is 750. The van der Waals surface area contributed by atoms with Crippen molar-refractivity contribution >= 4 is 49.4 Å². The molecule has 0 amide bonds. The summed E-state index contributed by atoms with van der Waals surface area (Å²) in [5.74, 6) is -0.811. The van der Waals surface area contributed by atoms with E-state index in [1.54, 1.807) is 30.7 Å². The SMILES string of the molecule is CC(=O)c1cncc(Br)c1.COC(=O)CC(=O)c1cncc(Br)c1. The smallest absolute Gasteiger partial charge is 0.313 e. The van der Waals surface area contributed by atoms with E-state index in [-0.39, 0.29) is 18.0 Å². The summed E-state index contributed by atoms with van der Waals surface area (Å²) >= 11 is 6.40. The maximum absolute atomic E-state index is 11.4. The van der Waals surface area contributed by atoms with Crippen molar-refractivity contribution in [2.75, 3.05) is 7.11 Å². The van der Waals surface area contributed by atoms with Gasteiger partial charge in [-0.1, -0.05) is 0 Å². The van der Waals surface area contributed by atoms with Crippen molar-refractivity contribution in [1.82, 2.24) is 9.97 Å². The molecule has 0 aliphatic heterocycles. The predicted molar refractivity (Wildman–Crippen MR) is 94.8 cm³/mol. The molecule has 2 rings (SSSR count). The quantitative estimate of drug-likeness (QED) is 0.395. The number of methoxy groups -OCH3 is 1. The molecule has 0 radical (unpaired) electrons. The number of pyridine rings is 2. The Morgan fingerprint density at radius 1 is 0.958 bits per heavy atom. The molecule has 0 aliphatic carbocycles. The van der Waals surface area contributed by atoms with Crippen LogP contribution in [0, 0.1) is 0 Å². The van der Waals surface area contributed by atoms with Gasteiger partial charge in [0, 0.05) is 44.9 Å². The molecule has 0 saturated heterocycles. The summed E-state index contributed by atoms with van der Waals surface area (Å²) in [5, 5.41) is 0. The lowest BCUT2D eigenvalue weighted by atomic mass is 10.1. The summed E-state index contributed by atoms with van der Waals surface area (Å²) in [7, 11) is 1.24. The molecule has 6 nitrogen and oxygen atoms in total. The molecule has 0 bridgehead atoms. The lowest BCUT2D eigenvalue weighted by molar-refractivity contribution is -0.139. The van der Waals surface area contributed by atoms with Gasteiger partial charge in [-0.3, -0.25) is 24.4 Å². The van der Waals surface area contributed by atoms with Gasteiger partial charge in [-0.2, -0.15) is 0 Å². The lowest BCUT2D eigenvalue weighted by Gasteiger charge is -1.99. The standard InChI is InChI=1S/C9H8BrNO3.C7H6BrNO/c1-14-9(13)3-8(12)6-2-7(10)5-11-4-6;1-5(10)6-2-7(8)4-9-3-6/h2,4-5H,3H2,1H3;2-4H,1H3. The summed E-state index contributed by atoms with van der Waals surface area (Å²) in [5.41, 5.74) is 1.03. The summed E-state index contributed by atoms with van der Waals surface area (Å²) in [6, 6.07) is 3.35. The summed E-state index contributed by atoms with van der Waals surface area (Å²) in [4.78, 5) is 40.6. The Morgan fingerprint density at radius 3 is 1.88 bits per heavy atom. The topological polar surface area (TPSA) is 86.2 Å². The van der Waals surface area contributed by atoms with E-state index in [0.29, 0.717) is 15.6 Å². The van der Waals surface area contributed by atoms with Gasteiger partial charge in [-0.25, -0.2) is 0 Å². The molecule has 2 aromatic rings. The molecule has 0 N–H and O–H groups in total. The minimum atomic E-state index is -0.546. The predicted octanol–water partition coefficient (Wildman–Crippen LogP) is 3.64. The van der Waals surface area contributed by atoms with Crippen molar-refractivity contribution in [3.63, 3.8) is 0 Å². The molecule has 0 atom stereocenters. The molecule has 0 saturated carbocycles. The molecule has 0 spiro atoms. The second-order valence-electron chi connectivity index (χ2n) is 4.52. The lowest BCUT2D eigenvalue weighted by Crippen LogP contribution is -2.09. The maximum atomic E-state index is 11.4. The molecular formula is C16H14Br2N2O4. The molecular weight excluding hydrogens is 444 g/mol. The van der Waals surface area contributed by atoms with Crippen LogP contribution in [-0.2, 0) is 9.53 Å². The van der Waals surface area contributed by atoms with E-state index in [4.69, 9.17) is 0 Å². The van der Waals surface area contributed by atoms with Crippen LogP contribution in [-0.4, -0.2) is 34.6 Å². The highest BCUT2D eigenvalue weighted by Gasteiger charge is 2.12. The second-order valence-corrected chi connectivity index (χ2v) is 6.35. The Labute approximate surface area is 155 Å². The van der Waals surface area contributed by atoms with Crippen molar-refractivity contribution in [3.05, 3.63) is 57.0 Å². The average Bonchev–Trinajstić information content (AvgIpc) is 2.55. The van der Waals surface area contributed by atoms with E-state index in [1.807, 2.05) is 0 Å². The summed E-state index contributed by atoms with van der Waals surface area (Å²) < 4.78 is 5.92. The Hall–Kier alpha value is -1.93. The third-order valence-corrected chi connectivity index (χ3v) is 3.54. The van der Waals surface area contributed by atoms with Crippen LogP contribution >= 0.6 is 31.9 Å². The summed E-state index contributed by atoms with van der Waals surface area (Å²) in [6.07, 6.45) is 5.92. The molecule has 0 aliphatic rings. The molecule has 0 fully saturated rings. The first-order chi connectivity index (χ1) is 11.3. The first-order valence-corrected chi connectivity index (χ1v) is 8.24. The van der Waals surface area contributed by atoms with Crippen LogP contribution in [0.1, 0.15) is 34.1 Å². The zero-order chi connectivity index (χ0) is 18.1. The Kier molecular flexibility index (Phi) is 8.42. The van der Waals surface area contributed by atoms with Gasteiger partial charge >= 0.3 is 5.97 Å². The van der Waals surface area contributed by atoms with Crippen LogP contribution < -0.4 is 0 Å². The van der Waals surface area contributed by atoms with Crippen molar-refractivity contribution in [2.45, 2.75) is 13.3 Å². The molecule has 24 heavy (non-hydrogen) atoms. The number of hydrogen-bond acceptors (Lipinski definition) is 6. The fourth-order valence-corrected chi connectivity index (χ4v) is 2.20. The molecule has 0 unspecified atom stereocenters. The van der Waals surface area contributed by atoms with E-state index in [9.17, 15) is 14.4 Å². The molecule has 8 heteroatoms. The van der Waals surface area contributed by atoms with Crippen LogP contribution in [0.4, 0.5) is 0 Å². The number of rotatable bonds is 4. The number of aromatic nitrogens is 2. The molecule has 126 valence electrons. The number of esters is 1. The minimum Gasteiger partial charge on any atom is -0.469 e. The first kappa shape index (κ1) is 20.1. The van der Waals surface area contributed by atoms with Gasteiger partial charge in [0.25, 0.3) is 0 Å². The largest absolute Gasteiger partial charge is 0.469 e. The second kappa shape index (κ2) is 10.0. The highest BCUT2D eigenvalue weighted by molar-refractivity contribution is 9.10. The van der Waals surface area contributed by atoms with Crippen molar-refractivity contribution in [2.24, 2.45) is 0 Å². The van der Waals surface area contributed by atoms with Crippen molar-refractivity contribution < 1.29 is 19.1 Å². The van der Waals surface area contributed by atoms with Crippen molar-refractivity contribution in [1.29, 1.82) is 0 Å². The fourth-order valence-electron chi connectivity index (χ4n) is 1.47. The molecule has 2 aromatic heterocycles. The Morgan fingerprint density at radius 2 is 1.46 bits per heavy atom. The van der Waals surface area contributed by atoms with Crippen molar-refractivity contribution in [3.8, 4) is 0 Å². The van der Waals surface area contributed by atoms with Gasteiger partial charge in [-0.15, -0.1) is 0 Å². The number of nitrogens with zero attached hydrogens (tertiary/aromatic N) is 2. The number of Topliss-reactive ketones (excluding diaryl/α,β-unsaturated/α-hetero) is 2. The third kappa shape index (κ3) is 7.10. The van der Waals surface area contributed by atoms with Gasteiger partial charge in [0.15, 0.2) is 11.6 Å². The van der Waals surface area contributed by atoms with Gasteiger partial charge in [-0.05, 0) is 50.9 Å². The van der Waals surface area contributed by atoms with Crippen LogP contribution in [0.25, 0.3) is 0 Å². The minimum absolute atomic E-state index is 0.0359. The van der Waals surface area contributed by atoms with E-state index in [0.717, 1.165) is 4.47 Å². The van der Waals surface area contributed by atoms with E-state index in [2.05, 4.69) is 46.6 Å². The fraction of sp³-hybridized carbons (Fsp3) is 0.188. The van der Waals surface area contributed by atoms with Gasteiger partial charge in [0.1, 0.15) is 6.42 Å². The van der Waals surface area contributed by atoms with Gasteiger partial charge < -0.3 is 4.74 Å². The number of halogens is 2. The van der Waals surface area contributed by atoms with Gasteiger partial charge in [0.05, 0.1) is 7.11 Å². The molecule has 0 aromatic carbocycles. The van der Waals surface area contributed by atoms with E-state index in [1.165, 1.54) is 20.2 Å². The molecule has 2 heterocycles. The van der Waals surface area contributed by atoms with Crippen LogP contribution in [0.2, 0.25) is 0 Å². The maximum Gasteiger partial charge on any atom is 0.313 e. The highest BCUT2D eigenvalue weighted by atomic mass is 79.9. The average molecular weight is 458 g/mol. The number of ether oxygens (including phenoxy) is 1. The zero-order valence-corrected chi connectivity index (χ0v) is 16.1. The zero-order valence-electron chi connectivity index (χ0n) is 13.0. The first-order valence-electron chi connectivity index (χ1n) is 6.65. The van der Waals surface area contributed by atoms with Crippen LogP contribution in [0.3, 0.4) is 0 Å². The third-order valence-electron chi connectivity index (χ3n) is 2.67. The Balaban J connectivity index is 0.000000254. The van der Waals surface area contributed by atoms with Gasteiger partial charge in [0.2, 0.25) is 0 Å². The van der Waals surface area contributed by atoms with Crippen LogP contribution in [0.15, 0.2) is 45.9 Å². The highest BCUT2D eigenvalue weighted by Crippen LogP contribution is 2.11. The van der Waals surface area contributed by atoms with E-state index >= 15 is 0 Å². The normalized spacial score (nSPS) is 9.50. The van der Waals surface area contributed by atoms with Crippen LogP contribution in [0.5, 0.6) is 0 Å². The number of hydrogen-bond donors (Lipinski definition) is 0.